The van der Waals surface area contributed by atoms with Crippen LogP contribution in [0.15, 0.2) is 101 Å². The van der Waals surface area contributed by atoms with Gasteiger partial charge in [-0.15, -0.1) is 0 Å². The average Bonchev–Trinajstić information content (AvgIpc) is 3.13. The number of halogens is 1. The van der Waals surface area contributed by atoms with E-state index >= 15 is 0 Å². The van der Waals surface area contributed by atoms with Gasteiger partial charge < -0.3 is 15.2 Å². The maximum absolute atomic E-state index is 11.4. The van der Waals surface area contributed by atoms with Crippen molar-refractivity contribution in [2.75, 3.05) is 21.4 Å². The standard InChI is InChI=1S/C41H38ClN7O2S2/c1-23-9-6-10-24(2)38(23)33-20-36(42)46-40(44-33)48-52-31-13-7-11-29(17-31)35(50)18-28-16-15-25(3)39(27(28)5)34-21-37-47-41(45-34)49-53-32-14-8-12-30(19-32)43-26(4)22-51-37/h6-21,26,43,50H,22H2,1-5H3,(H,44,46,48)(H,45,47,49)/b35-18-/t26-/m1/s1. The van der Waals surface area contributed by atoms with Crippen LogP contribution in [0.3, 0.4) is 0 Å². The Kier molecular flexibility index (Phi) is 10.8. The van der Waals surface area contributed by atoms with Crippen molar-refractivity contribution < 1.29 is 9.84 Å². The Bertz CT molecular complexity index is 2330. The topological polar surface area (TPSA) is 117 Å². The van der Waals surface area contributed by atoms with E-state index in [9.17, 15) is 5.11 Å². The molecule has 6 aromatic rings. The molecule has 4 N–H and O–H groups in total. The quantitative estimate of drug-likeness (QED) is 0.0539. The Balaban J connectivity index is 1.13. The zero-order valence-corrected chi connectivity index (χ0v) is 32.2. The molecule has 0 fully saturated rings. The molecule has 0 radical (unpaired) electrons. The molecule has 7 rings (SSSR count). The highest BCUT2D eigenvalue weighted by atomic mass is 35.5. The van der Waals surface area contributed by atoms with Crippen LogP contribution < -0.4 is 19.5 Å². The number of benzene rings is 4. The third-order valence-corrected chi connectivity index (χ3v) is 10.5. The molecule has 2 aromatic heterocycles. The number of aromatic nitrogens is 4. The summed E-state index contributed by atoms with van der Waals surface area (Å²) in [6, 6.07) is 29.7. The summed E-state index contributed by atoms with van der Waals surface area (Å²) in [7, 11) is 0. The highest BCUT2D eigenvalue weighted by Crippen LogP contribution is 2.35. The summed E-state index contributed by atoms with van der Waals surface area (Å²) < 4.78 is 12.7. The van der Waals surface area contributed by atoms with Crippen LogP contribution in [0, 0.1) is 27.7 Å². The number of hydrogen-bond donors (Lipinski definition) is 4. The number of ether oxygens (including phenoxy) is 1. The molecular formula is C41H38ClN7O2S2. The van der Waals surface area contributed by atoms with E-state index in [1.807, 2.05) is 73.7 Å². The minimum absolute atomic E-state index is 0.0587. The fraction of sp³-hybridized carbons (Fsp3) is 0.171. The maximum atomic E-state index is 11.4. The summed E-state index contributed by atoms with van der Waals surface area (Å²) >= 11 is 9.20. The van der Waals surface area contributed by atoms with Gasteiger partial charge >= 0.3 is 0 Å². The summed E-state index contributed by atoms with van der Waals surface area (Å²) in [5.41, 5.74) is 10.2. The first-order valence-electron chi connectivity index (χ1n) is 17.1. The van der Waals surface area contributed by atoms with Crippen molar-refractivity contribution in [3.8, 4) is 28.4 Å². The Morgan fingerprint density at radius 1 is 0.868 bits per heavy atom. The molecule has 1 aliphatic heterocycles. The van der Waals surface area contributed by atoms with Crippen LogP contribution in [0.25, 0.3) is 34.3 Å². The van der Waals surface area contributed by atoms with E-state index in [-0.39, 0.29) is 11.8 Å². The second kappa shape index (κ2) is 15.8. The molecule has 1 atom stereocenters. The molecule has 1 aliphatic rings. The van der Waals surface area contributed by atoms with Gasteiger partial charge in [-0.3, -0.25) is 9.44 Å². The molecule has 12 heteroatoms. The van der Waals surface area contributed by atoms with Gasteiger partial charge in [-0.05, 0) is 123 Å². The third kappa shape index (κ3) is 8.54. The van der Waals surface area contributed by atoms with Crippen LogP contribution in [0.5, 0.6) is 5.88 Å². The highest BCUT2D eigenvalue weighted by molar-refractivity contribution is 8.00. The molecule has 9 nitrogen and oxygen atoms in total. The zero-order valence-electron chi connectivity index (χ0n) is 29.9. The van der Waals surface area contributed by atoms with Gasteiger partial charge in [0.25, 0.3) is 0 Å². The first-order valence-corrected chi connectivity index (χ1v) is 19.1. The van der Waals surface area contributed by atoms with Crippen molar-refractivity contribution in [3.05, 3.63) is 130 Å². The number of hydrogen-bond acceptors (Lipinski definition) is 11. The Labute approximate surface area is 323 Å². The molecule has 0 saturated heterocycles. The SMILES string of the molecule is Cc1cccc(C)c1-c1cc(Cl)nc(NSc2cccc(/C(O)=C/c3ccc(C)c(-c4cc5nc(n4)NSc4cccc(c4)N[C@H](C)CO5)c3C)c2)n1. The van der Waals surface area contributed by atoms with Crippen molar-refractivity contribution in [2.24, 2.45) is 0 Å². The normalized spacial score (nSPS) is 14.2. The van der Waals surface area contributed by atoms with Crippen LogP contribution in [0.1, 0.15) is 40.3 Å². The number of rotatable bonds is 7. The van der Waals surface area contributed by atoms with E-state index in [4.69, 9.17) is 26.3 Å². The predicted octanol–water partition coefficient (Wildman–Crippen LogP) is 11.0. The van der Waals surface area contributed by atoms with E-state index in [0.29, 0.717) is 35.1 Å². The van der Waals surface area contributed by atoms with Crippen molar-refractivity contribution in [3.63, 3.8) is 0 Å². The van der Waals surface area contributed by atoms with Crippen LogP contribution in [0.4, 0.5) is 17.6 Å². The lowest BCUT2D eigenvalue weighted by molar-refractivity contribution is 0.293. The zero-order chi connectivity index (χ0) is 37.1. The summed E-state index contributed by atoms with van der Waals surface area (Å²) in [4.78, 5) is 20.6. The smallest absolute Gasteiger partial charge is 0.237 e. The van der Waals surface area contributed by atoms with E-state index in [2.05, 4.69) is 70.6 Å². The van der Waals surface area contributed by atoms with Crippen molar-refractivity contribution in [2.45, 2.75) is 50.5 Å². The Morgan fingerprint density at radius 2 is 1.62 bits per heavy atom. The van der Waals surface area contributed by atoms with Gasteiger partial charge in [0.2, 0.25) is 17.8 Å². The molecule has 53 heavy (non-hydrogen) atoms. The summed E-state index contributed by atoms with van der Waals surface area (Å²) in [6.45, 7) is 10.7. The number of aliphatic hydroxyl groups is 1. The molecule has 4 bridgehead atoms. The second-order valence-electron chi connectivity index (χ2n) is 12.9. The van der Waals surface area contributed by atoms with Crippen LogP contribution >= 0.6 is 35.5 Å². The van der Waals surface area contributed by atoms with Gasteiger partial charge in [0.05, 0.1) is 17.4 Å². The highest BCUT2D eigenvalue weighted by Gasteiger charge is 2.17. The molecular weight excluding hydrogens is 722 g/mol. The molecule has 0 amide bonds. The van der Waals surface area contributed by atoms with Crippen LogP contribution in [0.2, 0.25) is 5.15 Å². The monoisotopic (exact) mass is 759 g/mol. The molecule has 0 spiro atoms. The van der Waals surface area contributed by atoms with E-state index < -0.39 is 0 Å². The number of anilines is 3. The molecule has 0 aliphatic carbocycles. The van der Waals surface area contributed by atoms with Crippen molar-refractivity contribution >= 4 is 64.9 Å². The maximum Gasteiger partial charge on any atom is 0.237 e. The van der Waals surface area contributed by atoms with Crippen molar-refractivity contribution in [1.29, 1.82) is 0 Å². The lowest BCUT2D eigenvalue weighted by atomic mass is 9.94. The van der Waals surface area contributed by atoms with Gasteiger partial charge in [0.1, 0.15) is 17.5 Å². The molecule has 268 valence electrons. The Morgan fingerprint density at radius 3 is 2.45 bits per heavy atom. The first kappa shape index (κ1) is 36.1. The summed E-state index contributed by atoms with van der Waals surface area (Å²) in [5.74, 6) is 1.45. The molecule has 4 aromatic carbocycles. The number of nitrogens with zero attached hydrogens (tertiary/aromatic N) is 4. The van der Waals surface area contributed by atoms with E-state index in [0.717, 1.165) is 65.8 Å². The lowest BCUT2D eigenvalue weighted by Gasteiger charge is -2.19. The fourth-order valence-corrected chi connectivity index (χ4v) is 7.69. The predicted molar refractivity (Wildman–Crippen MR) is 220 cm³/mol. The Hall–Kier alpha value is -5.23. The second-order valence-corrected chi connectivity index (χ2v) is 15.0. The summed E-state index contributed by atoms with van der Waals surface area (Å²) in [5, 5.41) is 15.2. The van der Waals surface area contributed by atoms with Crippen LogP contribution in [-0.2, 0) is 0 Å². The number of aliphatic hydroxyl groups excluding tert-OH is 1. The fourth-order valence-electron chi connectivity index (χ4n) is 6.24. The van der Waals surface area contributed by atoms with Gasteiger partial charge in [0, 0.05) is 44.3 Å². The lowest BCUT2D eigenvalue weighted by Crippen LogP contribution is -2.24. The third-order valence-electron chi connectivity index (χ3n) is 8.78. The number of fused-ring (bicyclic) bond motifs is 4. The molecule has 3 heterocycles. The number of nitrogens with one attached hydrogen (secondary N) is 3. The summed E-state index contributed by atoms with van der Waals surface area (Å²) in [6.07, 6.45) is 1.78. The minimum atomic E-state index is 0.0587. The minimum Gasteiger partial charge on any atom is -0.507 e. The van der Waals surface area contributed by atoms with Crippen LogP contribution in [-0.4, -0.2) is 37.7 Å². The van der Waals surface area contributed by atoms with Gasteiger partial charge in [-0.1, -0.05) is 60.1 Å². The van der Waals surface area contributed by atoms with Gasteiger partial charge in [-0.2, -0.15) is 4.98 Å². The first-order chi connectivity index (χ1) is 25.6. The van der Waals surface area contributed by atoms with Gasteiger partial charge in [-0.25, -0.2) is 15.0 Å². The van der Waals surface area contributed by atoms with E-state index in [1.54, 1.807) is 12.1 Å². The van der Waals surface area contributed by atoms with E-state index in [1.165, 1.54) is 23.9 Å². The average molecular weight is 760 g/mol. The van der Waals surface area contributed by atoms with Gasteiger partial charge in [0.15, 0.2) is 0 Å². The molecule has 0 unspecified atom stereocenters. The largest absolute Gasteiger partial charge is 0.507 e. The molecule has 0 saturated carbocycles. The number of aryl methyl sites for hydroxylation is 3. The van der Waals surface area contributed by atoms with Crippen molar-refractivity contribution in [1.82, 2.24) is 19.9 Å².